The van der Waals surface area contributed by atoms with E-state index in [1.807, 2.05) is 82.3 Å². The summed E-state index contributed by atoms with van der Waals surface area (Å²) in [6, 6.07) is 8.17. The van der Waals surface area contributed by atoms with Crippen molar-refractivity contribution >= 4 is 0 Å². The number of nitrogens with zero attached hydrogens (tertiary/aromatic N) is 2. The number of nitrogens with two attached hydrogens (primary N) is 1. The zero-order chi connectivity index (χ0) is 24.8. The van der Waals surface area contributed by atoms with Gasteiger partial charge in [-0.3, -0.25) is 0 Å². The van der Waals surface area contributed by atoms with Crippen molar-refractivity contribution in [3.63, 3.8) is 0 Å². The largest absolute Gasteiger partial charge is 0.350 e. The highest BCUT2D eigenvalue weighted by Gasteiger charge is 2.07. The van der Waals surface area contributed by atoms with E-state index in [-0.39, 0.29) is 6.04 Å². The van der Waals surface area contributed by atoms with Crippen LogP contribution >= 0.6 is 0 Å². The third-order valence-corrected chi connectivity index (χ3v) is 4.70. The molecule has 1 aromatic rings. The minimum absolute atomic E-state index is 0.131. The van der Waals surface area contributed by atoms with Gasteiger partial charge in [0.25, 0.3) is 0 Å². The van der Waals surface area contributed by atoms with E-state index in [1.165, 1.54) is 16.7 Å². The number of nitriles is 1. The SMILES string of the molecule is C#Cc1ccc([C@@H](N)CC)c(C)c1.C=C(C)C(=C)/C=C(/C(=C)C#N)N(C)/C=C\C=C(C)C. The molecule has 0 saturated heterocycles. The number of hydrogen-bond acceptors (Lipinski definition) is 3. The molecule has 0 unspecified atom stereocenters. The molecule has 32 heavy (non-hydrogen) atoms. The number of terminal acetylenes is 1. The Morgan fingerprint density at radius 2 is 1.88 bits per heavy atom. The first-order chi connectivity index (χ1) is 15.0. The fourth-order valence-corrected chi connectivity index (χ4v) is 2.59. The maximum atomic E-state index is 9.01. The van der Waals surface area contributed by atoms with Crippen LogP contribution in [0.15, 0.2) is 90.4 Å². The third kappa shape index (κ3) is 9.98. The predicted molar refractivity (Wildman–Crippen MR) is 139 cm³/mol. The van der Waals surface area contributed by atoms with Crippen molar-refractivity contribution in [3.05, 3.63) is 107 Å². The summed E-state index contributed by atoms with van der Waals surface area (Å²) in [7, 11) is 1.87. The number of allylic oxidation sites excluding steroid dienone is 7. The summed E-state index contributed by atoms with van der Waals surface area (Å²) >= 11 is 0. The van der Waals surface area contributed by atoms with Gasteiger partial charge >= 0.3 is 0 Å². The van der Waals surface area contributed by atoms with Crippen LogP contribution in [-0.2, 0) is 0 Å². The van der Waals surface area contributed by atoms with Crippen LogP contribution in [0.3, 0.4) is 0 Å². The van der Waals surface area contributed by atoms with Gasteiger partial charge in [0, 0.05) is 24.9 Å². The summed E-state index contributed by atoms with van der Waals surface area (Å²) in [5.41, 5.74) is 13.2. The summed E-state index contributed by atoms with van der Waals surface area (Å²) in [6.07, 6.45) is 13.9. The average molecular weight is 428 g/mol. The van der Waals surface area contributed by atoms with Gasteiger partial charge in [0.05, 0.1) is 11.3 Å². The van der Waals surface area contributed by atoms with E-state index in [2.05, 4.69) is 38.7 Å². The lowest BCUT2D eigenvalue weighted by Crippen LogP contribution is -2.11. The molecular weight excluding hydrogens is 390 g/mol. The minimum Gasteiger partial charge on any atom is -0.350 e. The summed E-state index contributed by atoms with van der Waals surface area (Å²) in [4.78, 5) is 1.85. The molecule has 0 aliphatic carbocycles. The molecule has 168 valence electrons. The molecule has 3 heteroatoms. The first-order valence-electron chi connectivity index (χ1n) is 10.5. The number of hydrogen-bond donors (Lipinski definition) is 1. The minimum atomic E-state index is 0.131. The Bertz CT molecular complexity index is 1000. The second-order valence-corrected chi connectivity index (χ2v) is 7.85. The quantitative estimate of drug-likeness (QED) is 0.279. The van der Waals surface area contributed by atoms with Crippen molar-refractivity contribution in [1.29, 1.82) is 5.26 Å². The second kappa shape index (κ2) is 14.5. The van der Waals surface area contributed by atoms with E-state index in [1.54, 1.807) is 0 Å². The van der Waals surface area contributed by atoms with Crippen molar-refractivity contribution in [2.24, 2.45) is 5.73 Å². The van der Waals surface area contributed by atoms with Crippen LogP contribution in [-0.4, -0.2) is 11.9 Å². The van der Waals surface area contributed by atoms with E-state index in [0.29, 0.717) is 11.3 Å². The molecule has 2 N–H and O–H groups in total. The van der Waals surface area contributed by atoms with Crippen LogP contribution in [0.25, 0.3) is 0 Å². The number of rotatable bonds is 8. The Morgan fingerprint density at radius 1 is 1.25 bits per heavy atom. The lowest BCUT2D eigenvalue weighted by molar-refractivity contribution is 0.583. The van der Waals surface area contributed by atoms with E-state index in [9.17, 15) is 0 Å². The first-order valence-corrected chi connectivity index (χ1v) is 10.5. The van der Waals surface area contributed by atoms with E-state index >= 15 is 0 Å². The Labute approximate surface area is 195 Å². The smallest absolute Gasteiger partial charge is 0.101 e. The van der Waals surface area contributed by atoms with Crippen molar-refractivity contribution in [1.82, 2.24) is 4.90 Å². The molecule has 1 rings (SSSR count). The fourth-order valence-electron chi connectivity index (χ4n) is 2.59. The molecule has 1 atom stereocenters. The van der Waals surface area contributed by atoms with Gasteiger partial charge in [-0.05, 0) is 75.1 Å². The Morgan fingerprint density at radius 3 is 2.31 bits per heavy atom. The van der Waals surface area contributed by atoms with Gasteiger partial charge in [0.15, 0.2) is 0 Å². The van der Waals surface area contributed by atoms with Gasteiger partial charge in [-0.2, -0.15) is 5.26 Å². The Kier molecular flexibility index (Phi) is 12.9. The molecule has 3 nitrogen and oxygen atoms in total. The van der Waals surface area contributed by atoms with E-state index in [0.717, 1.165) is 23.1 Å². The van der Waals surface area contributed by atoms with Gasteiger partial charge in [0.2, 0.25) is 0 Å². The number of benzene rings is 1. The fraction of sp³-hybridized carbons (Fsp3) is 0.276. The molecule has 0 aliphatic heterocycles. The summed E-state index contributed by atoms with van der Waals surface area (Å²) in [5, 5.41) is 9.01. The molecule has 0 bridgehead atoms. The highest BCUT2D eigenvalue weighted by atomic mass is 15.1. The van der Waals surface area contributed by atoms with Gasteiger partial charge in [-0.15, -0.1) is 6.42 Å². The highest BCUT2D eigenvalue weighted by Crippen LogP contribution is 2.19. The topological polar surface area (TPSA) is 53.1 Å². The molecule has 1 aromatic carbocycles. The monoisotopic (exact) mass is 427 g/mol. The number of aryl methyl sites for hydroxylation is 1. The zero-order valence-corrected chi connectivity index (χ0v) is 20.5. The molecule has 0 heterocycles. The molecular formula is C29H37N3. The highest BCUT2D eigenvalue weighted by molar-refractivity contribution is 5.47. The molecule has 0 spiro atoms. The van der Waals surface area contributed by atoms with Crippen LogP contribution in [0, 0.1) is 30.6 Å². The van der Waals surface area contributed by atoms with Crippen LogP contribution in [0.4, 0.5) is 0 Å². The molecule has 0 saturated carbocycles. The summed E-state index contributed by atoms with van der Waals surface area (Å²) < 4.78 is 0. The summed E-state index contributed by atoms with van der Waals surface area (Å²) in [6.45, 7) is 21.6. The molecule has 0 fully saturated rings. The lowest BCUT2D eigenvalue weighted by Gasteiger charge is -2.18. The van der Waals surface area contributed by atoms with Crippen LogP contribution in [0.5, 0.6) is 0 Å². The Hall–Kier alpha value is -3.53. The van der Waals surface area contributed by atoms with E-state index < -0.39 is 0 Å². The molecule has 0 aliphatic rings. The lowest BCUT2D eigenvalue weighted by atomic mass is 9.98. The average Bonchev–Trinajstić information content (AvgIpc) is 2.75. The van der Waals surface area contributed by atoms with Crippen LogP contribution < -0.4 is 5.73 Å². The van der Waals surface area contributed by atoms with Gasteiger partial charge in [0.1, 0.15) is 6.07 Å². The van der Waals surface area contributed by atoms with Crippen molar-refractivity contribution in [2.45, 2.75) is 47.1 Å². The molecule has 0 aromatic heterocycles. The normalized spacial score (nSPS) is 11.3. The molecule has 0 amide bonds. The molecule has 0 radical (unpaired) electrons. The van der Waals surface area contributed by atoms with Crippen molar-refractivity contribution in [2.75, 3.05) is 7.05 Å². The van der Waals surface area contributed by atoms with Gasteiger partial charge < -0.3 is 10.6 Å². The maximum Gasteiger partial charge on any atom is 0.101 e. The Balaban J connectivity index is 0.000000641. The number of likely N-dealkylation sites (N-methyl/N-ethyl adjacent to an activating group) is 1. The van der Waals surface area contributed by atoms with Gasteiger partial charge in [-0.1, -0.05) is 55.9 Å². The summed E-state index contributed by atoms with van der Waals surface area (Å²) in [5.74, 6) is 2.61. The standard InChI is InChI=1S/C17H22N2.C12H15N/c1-13(2)9-8-10-19(7)17(16(6)12-18)11-15(5)14(3)4;1-4-10-6-7-11(9(3)8-10)12(13)5-2/h8-11H,3,5-6H2,1-2,4,7H3;1,6-8,12H,5,13H2,2-3H3/b10-8-,17-11-;/t;12-/m.0/s1. The first kappa shape index (κ1) is 28.5. The van der Waals surface area contributed by atoms with Crippen LogP contribution in [0.2, 0.25) is 0 Å². The van der Waals surface area contributed by atoms with Crippen LogP contribution in [0.1, 0.15) is 56.8 Å². The zero-order valence-electron chi connectivity index (χ0n) is 20.5. The van der Waals surface area contributed by atoms with Crippen molar-refractivity contribution in [3.8, 4) is 18.4 Å². The second-order valence-electron chi connectivity index (χ2n) is 7.85. The predicted octanol–water partition coefficient (Wildman–Crippen LogP) is 6.88. The third-order valence-electron chi connectivity index (χ3n) is 4.70. The van der Waals surface area contributed by atoms with Gasteiger partial charge in [-0.25, -0.2) is 0 Å². The van der Waals surface area contributed by atoms with E-state index in [4.69, 9.17) is 17.4 Å². The maximum absolute atomic E-state index is 9.01. The van der Waals surface area contributed by atoms with Crippen molar-refractivity contribution < 1.29 is 0 Å².